The number of carbonyl (C=O) groups is 1. The molecule has 164 valence electrons. The zero-order chi connectivity index (χ0) is 22.9. The van der Waals surface area contributed by atoms with E-state index in [2.05, 4.69) is 15.3 Å². The standard InChI is InChI=1S/C22H27N5O3S/c1-12(2)10-27-19-17(21(29)26(6)22(27)30)20(24-15(5)23-19)31-11-16(28)25-18-13(3)8-7-9-14(18)4/h7-9,12H,10-11H2,1-6H3,(H,25,28). The number of amides is 1. The SMILES string of the molecule is Cc1nc(SCC(=O)Nc2c(C)cccc2C)c2c(=O)n(C)c(=O)n(CC(C)C)c2n1. The molecular weight excluding hydrogens is 414 g/mol. The number of carbonyl (C=O) groups excluding carboxylic acids is 1. The fourth-order valence-corrected chi connectivity index (χ4v) is 4.26. The molecule has 0 spiro atoms. The highest BCUT2D eigenvalue weighted by Crippen LogP contribution is 2.24. The molecule has 0 aliphatic carbocycles. The number of anilines is 1. The van der Waals surface area contributed by atoms with Gasteiger partial charge in [0, 0.05) is 19.3 Å². The fraction of sp³-hybridized carbons (Fsp3) is 0.409. The smallest absolute Gasteiger partial charge is 0.325 e. The van der Waals surface area contributed by atoms with Gasteiger partial charge in [-0.2, -0.15) is 0 Å². The number of fused-ring (bicyclic) bond motifs is 1. The van der Waals surface area contributed by atoms with Crippen LogP contribution in [0.15, 0.2) is 32.8 Å². The average molecular weight is 442 g/mol. The molecule has 0 unspecified atom stereocenters. The van der Waals surface area contributed by atoms with E-state index in [1.54, 1.807) is 6.92 Å². The van der Waals surface area contributed by atoms with Crippen molar-refractivity contribution in [2.75, 3.05) is 11.1 Å². The summed E-state index contributed by atoms with van der Waals surface area (Å²) >= 11 is 1.17. The first-order chi connectivity index (χ1) is 14.6. The first-order valence-corrected chi connectivity index (χ1v) is 11.1. The number of nitrogens with one attached hydrogen (secondary N) is 1. The topological polar surface area (TPSA) is 98.9 Å². The molecule has 1 aromatic carbocycles. The molecule has 3 rings (SSSR count). The van der Waals surface area contributed by atoms with Crippen molar-refractivity contribution in [3.05, 3.63) is 56.0 Å². The Morgan fingerprint density at radius 1 is 1.13 bits per heavy atom. The fourth-order valence-electron chi connectivity index (χ4n) is 3.40. The number of aryl methyl sites for hydroxylation is 3. The van der Waals surface area contributed by atoms with Crippen LogP contribution in [0.2, 0.25) is 0 Å². The summed E-state index contributed by atoms with van der Waals surface area (Å²) in [6, 6.07) is 5.82. The van der Waals surface area contributed by atoms with Crippen molar-refractivity contribution < 1.29 is 4.79 Å². The summed E-state index contributed by atoms with van der Waals surface area (Å²) in [7, 11) is 1.45. The van der Waals surface area contributed by atoms with Gasteiger partial charge in [-0.25, -0.2) is 14.8 Å². The van der Waals surface area contributed by atoms with Crippen LogP contribution >= 0.6 is 11.8 Å². The third kappa shape index (κ3) is 4.71. The van der Waals surface area contributed by atoms with Crippen molar-refractivity contribution in [2.24, 2.45) is 13.0 Å². The van der Waals surface area contributed by atoms with Crippen molar-refractivity contribution in [3.63, 3.8) is 0 Å². The number of benzene rings is 1. The molecule has 0 aliphatic rings. The zero-order valence-electron chi connectivity index (χ0n) is 18.6. The molecule has 0 radical (unpaired) electrons. The molecule has 0 fully saturated rings. The van der Waals surface area contributed by atoms with Gasteiger partial charge in [-0.1, -0.05) is 43.8 Å². The number of aromatic nitrogens is 4. The highest BCUT2D eigenvalue weighted by atomic mass is 32.2. The monoisotopic (exact) mass is 441 g/mol. The number of rotatable bonds is 6. The van der Waals surface area contributed by atoms with E-state index in [0.29, 0.717) is 23.0 Å². The van der Waals surface area contributed by atoms with Crippen LogP contribution in [-0.4, -0.2) is 30.8 Å². The predicted molar refractivity (Wildman–Crippen MR) is 124 cm³/mol. The molecule has 0 aliphatic heterocycles. The van der Waals surface area contributed by atoms with Crippen LogP contribution < -0.4 is 16.6 Å². The van der Waals surface area contributed by atoms with Gasteiger partial charge in [-0.15, -0.1) is 0 Å². The lowest BCUT2D eigenvalue weighted by atomic mass is 10.1. The summed E-state index contributed by atoms with van der Waals surface area (Å²) < 4.78 is 2.58. The Balaban J connectivity index is 1.99. The van der Waals surface area contributed by atoms with E-state index in [4.69, 9.17) is 0 Å². The summed E-state index contributed by atoms with van der Waals surface area (Å²) in [4.78, 5) is 47.0. The quantitative estimate of drug-likeness (QED) is 0.467. The Hall–Kier alpha value is -2.94. The third-order valence-corrected chi connectivity index (χ3v) is 5.87. The average Bonchev–Trinajstić information content (AvgIpc) is 2.70. The second kappa shape index (κ2) is 9.05. The van der Waals surface area contributed by atoms with Crippen molar-refractivity contribution in [1.82, 2.24) is 19.1 Å². The van der Waals surface area contributed by atoms with Gasteiger partial charge in [-0.3, -0.25) is 18.7 Å². The molecular formula is C22H27N5O3S. The van der Waals surface area contributed by atoms with Crippen LogP contribution in [0.3, 0.4) is 0 Å². The van der Waals surface area contributed by atoms with Crippen LogP contribution in [-0.2, 0) is 18.4 Å². The minimum Gasteiger partial charge on any atom is -0.325 e. The highest BCUT2D eigenvalue weighted by Gasteiger charge is 2.19. The van der Waals surface area contributed by atoms with Crippen LogP contribution in [0.4, 0.5) is 5.69 Å². The van der Waals surface area contributed by atoms with Gasteiger partial charge in [0.2, 0.25) is 5.91 Å². The van der Waals surface area contributed by atoms with Crippen molar-refractivity contribution in [3.8, 4) is 0 Å². The molecule has 9 heteroatoms. The van der Waals surface area contributed by atoms with E-state index in [0.717, 1.165) is 21.4 Å². The Bertz CT molecular complexity index is 1260. The van der Waals surface area contributed by atoms with Crippen LogP contribution in [0.25, 0.3) is 11.0 Å². The van der Waals surface area contributed by atoms with E-state index in [1.807, 2.05) is 45.9 Å². The van der Waals surface area contributed by atoms with Crippen LogP contribution in [0, 0.1) is 26.7 Å². The Kier molecular flexibility index (Phi) is 6.64. The van der Waals surface area contributed by atoms with Crippen LogP contribution in [0.5, 0.6) is 0 Å². The van der Waals surface area contributed by atoms with Gasteiger partial charge < -0.3 is 5.32 Å². The van der Waals surface area contributed by atoms with E-state index in [1.165, 1.54) is 23.4 Å². The molecule has 0 bridgehead atoms. The second-order valence-electron chi connectivity index (χ2n) is 8.03. The minimum absolute atomic E-state index is 0.0752. The molecule has 1 amide bonds. The van der Waals surface area contributed by atoms with E-state index in [-0.39, 0.29) is 23.0 Å². The number of thioether (sulfide) groups is 1. The summed E-state index contributed by atoms with van der Waals surface area (Å²) in [6.07, 6.45) is 0. The largest absolute Gasteiger partial charge is 0.332 e. The highest BCUT2D eigenvalue weighted by molar-refractivity contribution is 8.00. The van der Waals surface area contributed by atoms with E-state index in [9.17, 15) is 14.4 Å². The predicted octanol–water partition coefficient (Wildman–Crippen LogP) is 2.80. The first kappa shape index (κ1) is 22.7. The molecule has 8 nitrogen and oxygen atoms in total. The number of hydrogen-bond acceptors (Lipinski definition) is 6. The van der Waals surface area contributed by atoms with Gasteiger partial charge in [0.1, 0.15) is 16.2 Å². The Morgan fingerprint density at radius 2 is 1.77 bits per heavy atom. The van der Waals surface area contributed by atoms with Crippen molar-refractivity contribution >= 4 is 34.4 Å². The summed E-state index contributed by atoms with van der Waals surface area (Å²) in [5, 5.41) is 3.60. The summed E-state index contributed by atoms with van der Waals surface area (Å²) in [6.45, 7) is 10.00. The second-order valence-corrected chi connectivity index (χ2v) is 8.99. The number of nitrogens with zero attached hydrogens (tertiary/aromatic N) is 4. The molecule has 31 heavy (non-hydrogen) atoms. The lowest BCUT2D eigenvalue weighted by Crippen LogP contribution is -2.39. The van der Waals surface area contributed by atoms with Gasteiger partial charge in [0.05, 0.1) is 5.75 Å². The molecule has 0 atom stereocenters. The summed E-state index contributed by atoms with van der Waals surface area (Å²) in [5.74, 6) is 0.508. The van der Waals surface area contributed by atoms with Crippen molar-refractivity contribution in [1.29, 1.82) is 0 Å². The number of para-hydroxylation sites is 1. The zero-order valence-corrected chi connectivity index (χ0v) is 19.5. The number of hydrogen-bond donors (Lipinski definition) is 1. The molecule has 0 saturated carbocycles. The van der Waals surface area contributed by atoms with Crippen LogP contribution in [0.1, 0.15) is 30.8 Å². The maximum absolute atomic E-state index is 12.9. The van der Waals surface area contributed by atoms with Gasteiger partial charge in [0.25, 0.3) is 5.56 Å². The van der Waals surface area contributed by atoms with Gasteiger partial charge >= 0.3 is 5.69 Å². The minimum atomic E-state index is -0.460. The molecule has 3 aromatic rings. The molecule has 2 heterocycles. The van der Waals surface area contributed by atoms with Crippen molar-refractivity contribution in [2.45, 2.75) is 46.2 Å². The normalized spacial score (nSPS) is 11.3. The molecule has 0 saturated heterocycles. The summed E-state index contributed by atoms with van der Waals surface area (Å²) in [5.41, 5.74) is 2.19. The van der Waals surface area contributed by atoms with E-state index < -0.39 is 11.2 Å². The maximum Gasteiger partial charge on any atom is 0.332 e. The van der Waals surface area contributed by atoms with Gasteiger partial charge in [-0.05, 0) is 37.8 Å². The lowest BCUT2D eigenvalue weighted by Gasteiger charge is -2.15. The third-order valence-electron chi connectivity index (χ3n) is 4.89. The maximum atomic E-state index is 12.9. The lowest BCUT2D eigenvalue weighted by molar-refractivity contribution is -0.113. The first-order valence-electron chi connectivity index (χ1n) is 10.1. The molecule has 1 N–H and O–H groups in total. The Labute approximate surface area is 184 Å². The molecule has 2 aromatic heterocycles. The Morgan fingerprint density at radius 3 is 2.39 bits per heavy atom. The van der Waals surface area contributed by atoms with Gasteiger partial charge in [0.15, 0.2) is 5.65 Å². The van der Waals surface area contributed by atoms with E-state index >= 15 is 0 Å².